The van der Waals surface area contributed by atoms with E-state index in [9.17, 15) is 17.2 Å². The number of ether oxygens (including phenoxy) is 1. The number of hydrogen-bond acceptors (Lipinski definition) is 3. The van der Waals surface area contributed by atoms with Crippen molar-refractivity contribution in [3.63, 3.8) is 0 Å². The third-order valence-corrected chi connectivity index (χ3v) is 6.77. The Hall–Kier alpha value is -0.570. The van der Waals surface area contributed by atoms with Crippen LogP contribution < -0.4 is 4.72 Å². The van der Waals surface area contributed by atoms with E-state index in [0.29, 0.717) is 12.8 Å². The lowest BCUT2D eigenvalue weighted by molar-refractivity contribution is 0.0227. The van der Waals surface area contributed by atoms with Crippen LogP contribution in [-0.2, 0) is 28.1 Å². The molecule has 0 unspecified atom stereocenters. The van der Waals surface area contributed by atoms with Crippen LogP contribution in [-0.4, -0.2) is 32.5 Å². The van der Waals surface area contributed by atoms with Crippen LogP contribution in [0.3, 0.4) is 0 Å². The van der Waals surface area contributed by atoms with Crippen molar-refractivity contribution in [2.75, 3.05) is 11.9 Å². The molecule has 0 bridgehead atoms. The van der Waals surface area contributed by atoms with Crippen LogP contribution in [0.1, 0.15) is 49.7 Å². The van der Waals surface area contributed by atoms with Crippen LogP contribution in [0.25, 0.3) is 0 Å². The number of halogens is 3. The Morgan fingerprint density at radius 2 is 1.85 bits per heavy atom. The van der Waals surface area contributed by atoms with Crippen LogP contribution in [0.4, 0.5) is 8.78 Å². The fourth-order valence-electron chi connectivity index (χ4n) is 3.16. The summed E-state index contributed by atoms with van der Waals surface area (Å²) in [5.41, 5.74) is 0.269. The third-order valence-electron chi connectivity index (χ3n) is 4.59. The van der Waals surface area contributed by atoms with E-state index < -0.39 is 23.4 Å². The van der Waals surface area contributed by atoms with Gasteiger partial charge in [-0.15, -0.1) is 0 Å². The van der Waals surface area contributed by atoms with Gasteiger partial charge >= 0.3 is 0 Å². The van der Waals surface area contributed by atoms with Gasteiger partial charge in [0.1, 0.15) is 13.3 Å². The van der Waals surface area contributed by atoms with Gasteiger partial charge in [0.25, 0.3) is 0 Å². The number of benzene rings is 1. The monoisotopic (exact) mass is 453 g/mol. The molecule has 1 saturated carbocycles. The minimum Gasteiger partial charge on any atom is -0.378 e. The summed E-state index contributed by atoms with van der Waals surface area (Å²) in [4.78, 5) is -0.106. The number of alkyl halides is 3. The first kappa shape index (κ1) is 21.7. The van der Waals surface area contributed by atoms with Gasteiger partial charge in [-0.05, 0) is 56.2 Å². The Morgan fingerprint density at radius 1 is 1.12 bits per heavy atom. The van der Waals surface area contributed by atoms with Crippen molar-refractivity contribution in [1.29, 1.82) is 0 Å². The van der Waals surface area contributed by atoms with E-state index in [1.807, 2.05) is 0 Å². The van der Waals surface area contributed by atoms with Gasteiger partial charge in [-0.2, -0.15) is 0 Å². The fourth-order valence-corrected chi connectivity index (χ4v) is 5.06. The van der Waals surface area contributed by atoms with Crippen LogP contribution in [0, 0.1) is 0 Å². The summed E-state index contributed by atoms with van der Waals surface area (Å²) in [7, 11) is -3.83. The topological polar surface area (TPSA) is 55.4 Å². The second-order valence-corrected chi connectivity index (χ2v) is 9.05. The highest BCUT2D eigenvalue weighted by Crippen LogP contribution is 2.25. The Labute approximate surface area is 162 Å². The van der Waals surface area contributed by atoms with E-state index in [0.717, 1.165) is 37.6 Å². The Morgan fingerprint density at radius 3 is 2.46 bits per heavy atom. The zero-order chi connectivity index (χ0) is 19.0. The van der Waals surface area contributed by atoms with Crippen molar-refractivity contribution in [2.45, 2.75) is 68.9 Å². The molecule has 148 valence electrons. The highest BCUT2D eigenvalue weighted by molar-refractivity contribution is 9.09. The van der Waals surface area contributed by atoms with Gasteiger partial charge in [-0.25, -0.2) is 21.9 Å². The average molecular weight is 454 g/mol. The standard InChI is InChI=1S/C18H26BrF2NO3S/c19-9-1-2-10-25-17-6-4-16(5-7-17)22-26(23,24)18-8-3-14(12-20)11-15(18)13-21/h3,8,11,16-17,22H,1-2,4-7,9-10,12-13H2. The van der Waals surface area contributed by atoms with Crippen molar-refractivity contribution in [3.05, 3.63) is 29.3 Å². The maximum absolute atomic E-state index is 13.2. The first-order valence-electron chi connectivity index (χ1n) is 8.93. The maximum atomic E-state index is 13.2. The predicted octanol–water partition coefficient (Wildman–Crippen LogP) is 4.41. The third kappa shape index (κ3) is 6.25. The highest BCUT2D eigenvalue weighted by atomic mass is 79.9. The van der Waals surface area contributed by atoms with Gasteiger partial charge in [0.05, 0.1) is 11.0 Å². The molecule has 0 radical (unpaired) electrons. The molecule has 1 N–H and O–H groups in total. The zero-order valence-electron chi connectivity index (χ0n) is 14.7. The number of nitrogens with one attached hydrogen (secondary N) is 1. The van der Waals surface area contributed by atoms with Crippen LogP contribution >= 0.6 is 15.9 Å². The molecule has 0 atom stereocenters. The zero-order valence-corrected chi connectivity index (χ0v) is 17.1. The molecule has 2 rings (SSSR count). The van der Waals surface area contributed by atoms with E-state index in [-0.39, 0.29) is 28.2 Å². The quantitative estimate of drug-likeness (QED) is 0.421. The molecule has 1 aliphatic carbocycles. The smallest absolute Gasteiger partial charge is 0.241 e. The number of sulfonamides is 1. The van der Waals surface area contributed by atoms with Crippen molar-refractivity contribution in [3.8, 4) is 0 Å². The largest absolute Gasteiger partial charge is 0.378 e. The normalized spacial score (nSPS) is 21.0. The second kappa shape index (κ2) is 10.7. The van der Waals surface area contributed by atoms with Gasteiger partial charge in [-0.3, -0.25) is 0 Å². The van der Waals surface area contributed by atoms with Gasteiger partial charge in [-0.1, -0.05) is 22.0 Å². The Bertz CT molecular complexity index is 664. The Kier molecular flexibility index (Phi) is 8.93. The second-order valence-electron chi connectivity index (χ2n) is 6.57. The van der Waals surface area contributed by atoms with Crippen LogP contribution in [0.5, 0.6) is 0 Å². The van der Waals surface area contributed by atoms with Crippen molar-refractivity contribution in [1.82, 2.24) is 4.72 Å². The van der Waals surface area contributed by atoms with Crippen molar-refractivity contribution < 1.29 is 21.9 Å². The average Bonchev–Trinajstić information content (AvgIpc) is 2.65. The van der Waals surface area contributed by atoms with E-state index in [4.69, 9.17) is 4.74 Å². The molecule has 4 nitrogen and oxygen atoms in total. The molecule has 26 heavy (non-hydrogen) atoms. The summed E-state index contributed by atoms with van der Waals surface area (Å²) in [5, 5.41) is 0.970. The van der Waals surface area contributed by atoms with E-state index in [1.165, 1.54) is 18.2 Å². The first-order valence-corrected chi connectivity index (χ1v) is 11.5. The van der Waals surface area contributed by atoms with E-state index in [2.05, 4.69) is 20.7 Å². The molecule has 0 heterocycles. The molecule has 0 amide bonds. The summed E-state index contributed by atoms with van der Waals surface area (Å²) in [6, 6.07) is 3.75. The highest BCUT2D eigenvalue weighted by Gasteiger charge is 2.27. The number of hydrogen-bond donors (Lipinski definition) is 1. The summed E-state index contributed by atoms with van der Waals surface area (Å²) >= 11 is 3.39. The molecular weight excluding hydrogens is 428 g/mol. The van der Waals surface area contributed by atoms with Crippen LogP contribution in [0.2, 0.25) is 0 Å². The summed E-state index contributed by atoms with van der Waals surface area (Å²) in [6.07, 6.45) is 5.25. The SMILES string of the molecule is O=S(=O)(NC1CCC(OCCCCBr)CC1)c1ccc(CF)cc1CF. The van der Waals surface area contributed by atoms with Crippen LogP contribution in [0.15, 0.2) is 23.1 Å². The summed E-state index contributed by atoms with van der Waals surface area (Å²) in [5.74, 6) is 0. The molecule has 0 aromatic heterocycles. The van der Waals surface area contributed by atoms with Gasteiger partial charge in [0, 0.05) is 23.5 Å². The molecule has 0 saturated heterocycles. The molecular formula is C18H26BrF2NO3S. The molecule has 0 spiro atoms. The lowest BCUT2D eigenvalue weighted by Crippen LogP contribution is -2.39. The van der Waals surface area contributed by atoms with Gasteiger partial charge in [0.15, 0.2) is 0 Å². The fraction of sp³-hybridized carbons (Fsp3) is 0.667. The summed E-state index contributed by atoms with van der Waals surface area (Å²) in [6.45, 7) is -0.965. The van der Waals surface area contributed by atoms with E-state index >= 15 is 0 Å². The molecule has 1 fully saturated rings. The lowest BCUT2D eigenvalue weighted by Gasteiger charge is -2.29. The van der Waals surface area contributed by atoms with Gasteiger partial charge in [0.2, 0.25) is 10.0 Å². The number of rotatable bonds is 10. The molecule has 0 aliphatic heterocycles. The van der Waals surface area contributed by atoms with Gasteiger partial charge < -0.3 is 4.74 Å². The van der Waals surface area contributed by atoms with Crippen molar-refractivity contribution >= 4 is 26.0 Å². The molecule has 1 aliphatic rings. The minimum absolute atomic E-state index is 0.00328. The van der Waals surface area contributed by atoms with E-state index in [1.54, 1.807) is 0 Å². The maximum Gasteiger partial charge on any atom is 0.241 e. The molecule has 1 aromatic rings. The minimum atomic E-state index is -3.83. The molecule has 8 heteroatoms. The van der Waals surface area contributed by atoms with Crippen molar-refractivity contribution in [2.24, 2.45) is 0 Å². The molecule has 1 aromatic carbocycles. The first-order chi connectivity index (χ1) is 12.5. The lowest BCUT2D eigenvalue weighted by atomic mass is 9.94. The summed E-state index contributed by atoms with van der Waals surface area (Å²) < 4.78 is 59.6. The number of unbranched alkanes of at least 4 members (excludes halogenated alkanes) is 1. The predicted molar refractivity (Wildman–Crippen MR) is 101 cm³/mol. The Balaban J connectivity index is 1.91.